The second-order valence-electron chi connectivity index (χ2n) is 7.19. The summed E-state index contributed by atoms with van der Waals surface area (Å²) in [6, 6.07) is 16.7. The number of oxazole rings is 1. The number of nitrogens with zero attached hydrogens (tertiary/aromatic N) is 4. The molecule has 0 saturated carbocycles. The van der Waals surface area contributed by atoms with Crippen LogP contribution in [0.4, 0.5) is 5.88 Å². The number of aromatic nitrogens is 1. The minimum Gasteiger partial charge on any atom is -0.497 e. The number of anilines is 1. The average molecular weight is 449 g/mol. The van der Waals surface area contributed by atoms with E-state index in [9.17, 15) is 10.1 Å². The van der Waals surface area contributed by atoms with Gasteiger partial charge in [0.25, 0.3) is 5.91 Å². The van der Waals surface area contributed by atoms with Crippen LogP contribution >= 0.6 is 11.6 Å². The van der Waals surface area contributed by atoms with Crippen molar-refractivity contribution in [2.45, 2.75) is 0 Å². The van der Waals surface area contributed by atoms with Crippen LogP contribution in [-0.2, 0) is 0 Å². The Kier molecular flexibility index (Phi) is 6.43. The van der Waals surface area contributed by atoms with Gasteiger partial charge in [-0.2, -0.15) is 10.2 Å². The van der Waals surface area contributed by atoms with Gasteiger partial charge in [0.2, 0.25) is 17.5 Å². The number of benzene rings is 2. The summed E-state index contributed by atoms with van der Waals surface area (Å²) >= 11 is 6.17. The maximum absolute atomic E-state index is 12.8. The maximum Gasteiger partial charge on any atom is 0.255 e. The topological polar surface area (TPSA) is 82.6 Å². The summed E-state index contributed by atoms with van der Waals surface area (Å²) in [5.74, 6) is 1.41. The van der Waals surface area contributed by atoms with E-state index in [0.29, 0.717) is 48.5 Å². The van der Waals surface area contributed by atoms with Gasteiger partial charge in [0.05, 0.1) is 17.7 Å². The fourth-order valence-electron chi connectivity index (χ4n) is 3.52. The van der Waals surface area contributed by atoms with Gasteiger partial charge in [-0.05, 0) is 35.9 Å². The number of carbonyl (C=O) groups is 1. The lowest BCUT2D eigenvalue weighted by Crippen LogP contribution is -2.49. The summed E-state index contributed by atoms with van der Waals surface area (Å²) in [7, 11) is 1.62. The van der Waals surface area contributed by atoms with E-state index in [0.717, 1.165) is 11.3 Å². The van der Waals surface area contributed by atoms with Gasteiger partial charge in [-0.1, -0.05) is 35.9 Å². The normalized spacial score (nSPS) is 13.9. The Morgan fingerprint density at radius 1 is 1.16 bits per heavy atom. The minimum absolute atomic E-state index is 0.102. The second-order valence-corrected chi connectivity index (χ2v) is 7.59. The number of methoxy groups -OCH3 is 1. The van der Waals surface area contributed by atoms with Gasteiger partial charge in [0.15, 0.2) is 0 Å². The highest BCUT2D eigenvalue weighted by atomic mass is 35.5. The van der Waals surface area contributed by atoms with Crippen molar-refractivity contribution >= 4 is 35.5 Å². The van der Waals surface area contributed by atoms with E-state index in [1.54, 1.807) is 42.4 Å². The van der Waals surface area contributed by atoms with Crippen LogP contribution in [0.3, 0.4) is 0 Å². The number of carbonyl (C=O) groups excluding carboxylic acids is 1. The van der Waals surface area contributed by atoms with Crippen LogP contribution in [-0.4, -0.2) is 49.1 Å². The molecule has 0 atom stereocenters. The van der Waals surface area contributed by atoms with Crippen LogP contribution < -0.4 is 9.64 Å². The molecule has 2 heterocycles. The second kappa shape index (κ2) is 9.58. The first kappa shape index (κ1) is 21.5. The molecular weight excluding hydrogens is 428 g/mol. The van der Waals surface area contributed by atoms with E-state index in [1.807, 2.05) is 35.2 Å². The number of hydrogen-bond acceptors (Lipinski definition) is 6. The third-order valence-corrected chi connectivity index (χ3v) is 5.53. The van der Waals surface area contributed by atoms with Gasteiger partial charge in [-0.3, -0.25) is 4.79 Å². The SMILES string of the molecule is COc1cccc(/C=C/c2nc(C#N)c(N3CCN(C(=O)c4ccccc4Cl)CC3)o2)c1. The van der Waals surface area contributed by atoms with Gasteiger partial charge in [0, 0.05) is 32.3 Å². The van der Waals surface area contributed by atoms with Crippen LogP contribution in [0.2, 0.25) is 5.02 Å². The van der Waals surface area contributed by atoms with Crippen LogP contribution in [0.1, 0.15) is 27.5 Å². The molecule has 4 rings (SSSR count). The van der Waals surface area contributed by atoms with Crippen molar-refractivity contribution in [2.24, 2.45) is 0 Å². The van der Waals surface area contributed by atoms with Crippen molar-refractivity contribution in [3.63, 3.8) is 0 Å². The Labute approximate surface area is 191 Å². The summed E-state index contributed by atoms with van der Waals surface area (Å²) in [5.41, 5.74) is 1.64. The monoisotopic (exact) mass is 448 g/mol. The molecule has 0 unspecified atom stereocenters. The molecule has 0 bridgehead atoms. The van der Waals surface area contributed by atoms with E-state index in [4.69, 9.17) is 20.8 Å². The molecule has 0 radical (unpaired) electrons. The van der Waals surface area contributed by atoms with Crippen LogP contribution in [0.5, 0.6) is 5.75 Å². The molecule has 1 aromatic heterocycles. The van der Waals surface area contributed by atoms with E-state index in [1.165, 1.54) is 0 Å². The number of amides is 1. The average Bonchev–Trinajstić information content (AvgIpc) is 3.26. The number of halogens is 1. The quantitative estimate of drug-likeness (QED) is 0.577. The van der Waals surface area contributed by atoms with Crippen molar-refractivity contribution in [1.82, 2.24) is 9.88 Å². The van der Waals surface area contributed by atoms with E-state index in [-0.39, 0.29) is 11.6 Å². The molecule has 1 aliphatic rings. The van der Waals surface area contributed by atoms with Crippen molar-refractivity contribution < 1.29 is 13.9 Å². The predicted octanol–water partition coefficient (Wildman–Crippen LogP) is 4.34. The van der Waals surface area contributed by atoms with Crippen molar-refractivity contribution in [1.29, 1.82) is 5.26 Å². The highest BCUT2D eigenvalue weighted by molar-refractivity contribution is 6.33. The first-order valence-electron chi connectivity index (χ1n) is 10.1. The minimum atomic E-state index is -0.102. The molecular formula is C24H21ClN4O3. The Balaban J connectivity index is 1.45. The zero-order chi connectivity index (χ0) is 22.5. The lowest BCUT2D eigenvalue weighted by molar-refractivity contribution is 0.0745. The molecule has 32 heavy (non-hydrogen) atoms. The van der Waals surface area contributed by atoms with E-state index < -0.39 is 0 Å². The maximum atomic E-state index is 12.8. The highest BCUT2D eigenvalue weighted by Crippen LogP contribution is 2.25. The standard InChI is InChI=1S/C24H21ClN4O3/c1-31-18-6-4-5-17(15-18)9-10-22-27-21(16-26)24(32-22)29-13-11-28(12-14-29)23(30)19-7-2-3-8-20(19)25/h2-10,15H,11-14H2,1H3/b10-9+. The third kappa shape index (κ3) is 4.61. The molecule has 1 fully saturated rings. The van der Waals surface area contributed by atoms with Gasteiger partial charge in [0.1, 0.15) is 11.8 Å². The number of hydrogen-bond donors (Lipinski definition) is 0. The number of piperazine rings is 1. The largest absolute Gasteiger partial charge is 0.497 e. The first-order chi connectivity index (χ1) is 15.6. The first-order valence-corrected chi connectivity index (χ1v) is 10.5. The van der Waals surface area contributed by atoms with Crippen LogP contribution in [0, 0.1) is 11.3 Å². The Morgan fingerprint density at radius 2 is 1.94 bits per heavy atom. The molecule has 0 aliphatic carbocycles. The molecule has 1 saturated heterocycles. The Hall–Kier alpha value is -3.76. The molecule has 0 spiro atoms. The van der Waals surface area contributed by atoms with Crippen LogP contribution in [0.25, 0.3) is 12.2 Å². The number of rotatable bonds is 5. The van der Waals surface area contributed by atoms with Crippen molar-refractivity contribution in [3.05, 3.63) is 76.3 Å². The van der Waals surface area contributed by atoms with Crippen LogP contribution in [0.15, 0.2) is 52.9 Å². The smallest absolute Gasteiger partial charge is 0.255 e. The molecule has 7 nitrogen and oxygen atoms in total. The summed E-state index contributed by atoms with van der Waals surface area (Å²) in [5, 5.41) is 9.96. The molecule has 162 valence electrons. The summed E-state index contributed by atoms with van der Waals surface area (Å²) in [6.07, 6.45) is 3.57. The third-order valence-electron chi connectivity index (χ3n) is 5.20. The Morgan fingerprint density at radius 3 is 2.66 bits per heavy atom. The summed E-state index contributed by atoms with van der Waals surface area (Å²) < 4.78 is 11.1. The zero-order valence-corrected chi connectivity index (χ0v) is 18.2. The van der Waals surface area contributed by atoms with Gasteiger partial charge in [-0.15, -0.1) is 0 Å². The fraction of sp³-hybridized carbons (Fsp3) is 0.208. The lowest BCUT2D eigenvalue weighted by atomic mass is 10.2. The molecule has 1 amide bonds. The summed E-state index contributed by atoms with van der Waals surface area (Å²) in [6.45, 7) is 2.04. The summed E-state index contributed by atoms with van der Waals surface area (Å²) in [4.78, 5) is 20.8. The number of nitriles is 1. The van der Waals surface area contributed by atoms with Gasteiger partial charge >= 0.3 is 0 Å². The fourth-order valence-corrected chi connectivity index (χ4v) is 3.73. The molecule has 1 aliphatic heterocycles. The van der Waals surface area contributed by atoms with Crippen molar-refractivity contribution in [3.8, 4) is 11.8 Å². The Bertz CT molecular complexity index is 1190. The molecule has 8 heteroatoms. The van der Waals surface area contributed by atoms with Gasteiger partial charge < -0.3 is 19.0 Å². The van der Waals surface area contributed by atoms with E-state index in [2.05, 4.69) is 11.1 Å². The van der Waals surface area contributed by atoms with E-state index >= 15 is 0 Å². The van der Waals surface area contributed by atoms with Crippen molar-refractivity contribution in [2.75, 3.05) is 38.2 Å². The lowest BCUT2D eigenvalue weighted by Gasteiger charge is -2.34. The highest BCUT2D eigenvalue weighted by Gasteiger charge is 2.27. The molecule has 3 aromatic rings. The number of ether oxygens (including phenoxy) is 1. The molecule has 2 aromatic carbocycles. The van der Waals surface area contributed by atoms with Gasteiger partial charge in [-0.25, -0.2) is 0 Å². The zero-order valence-electron chi connectivity index (χ0n) is 17.5. The predicted molar refractivity (Wildman–Crippen MR) is 123 cm³/mol. The molecule has 0 N–H and O–H groups in total.